The molecule has 0 bridgehead atoms. The highest BCUT2D eigenvalue weighted by atomic mass is 16.7. The van der Waals surface area contributed by atoms with Crippen molar-refractivity contribution >= 4 is 16.9 Å². The van der Waals surface area contributed by atoms with E-state index in [1.807, 2.05) is 24.3 Å². The molecule has 1 aromatic carbocycles. The number of hydrogen-bond donors (Lipinski definition) is 1. The van der Waals surface area contributed by atoms with Crippen LogP contribution in [0.1, 0.15) is 37.9 Å². The van der Waals surface area contributed by atoms with Crippen LogP contribution in [0.25, 0.3) is 22.2 Å². The average Bonchev–Trinajstić information content (AvgIpc) is 3.22. The van der Waals surface area contributed by atoms with E-state index < -0.39 is 5.79 Å². The number of H-pyrrole nitrogens is 1. The highest BCUT2D eigenvalue weighted by Crippen LogP contribution is 2.43. The standard InChI is InChI=1S/C20H21NO4/c1-3-10-20(25-13(2)22)19-15(9-12-24-20)18-14(17-8-5-11-23-17)6-4-7-16(18)21-19/h4-8,11,21H,3,9-10,12H2,1-2H3. The number of aromatic nitrogens is 1. The Kier molecular flexibility index (Phi) is 3.88. The summed E-state index contributed by atoms with van der Waals surface area (Å²) in [7, 11) is 0. The van der Waals surface area contributed by atoms with Gasteiger partial charge in [0.1, 0.15) is 5.76 Å². The molecule has 1 N–H and O–H groups in total. The minimum atomic E-state index is -1.03. The van der Waals surface area contributed by atoms with Crippen molar-refractivity contribution in [1.29, 1.82) is 0 Å². The predicted molar refractivity (Wildman–Crippen MR) is 94.0 cm³/mol. The van der Waals surface area contributed by atoms with Gasteiger partial charge < -0.3 is 18.9 Å². The van der Waals surface area contributed by atoms with Gasteiger partial charge in [0.2, 0.25) is 0 Å². The Hall–Kier alpha value is -2.53. The predicted octanol–water partition coefficient (Wildman–Crippen LogP) is 4.52. The van der Waals surface area contributed by atoms with Crippen LogP contribution in [-0.4, -0.2) is 17.6 Å². The molecule has 3 heterocycles. The molecule has 0 saturated heterocycles. The van der Waals surface area contributed by atoms with E-state index in [2.05, 4.69) is 18.0 Å². The zero-order chi connectivity index (χ0) is 17.4. The van der Waals surface area contributed by atoms with Crippen molar-refractivity contribution in [2.45, 2.75) is 38.9 Å². The molecule has 4 rings (SSSR count). The van der Waals surface area contributed by atoms with Crippen LogP contribution in [0.5, 0.6) is 0 Å². The second-order valence-corrected chi connectivity index (χ2v) is 6.38. The Morgan fingerprint density at radius 2 is 2.20 bits per heavy atom. The summed E-state index contributed by atoms with van der Waals surface area (Å²) in [6, 6.07) is 9.93. The Labute approximate surface area is 145 Å². The Bertz CT molecular complexity index is 909. The topological polar surface area (TPSA) is 64.5 Å². The molecule has 1 atom stereocenters. The lowest BCUT2D eigenvalue weighted by Crippen LogP contribution is -2.39. The number of carbonyl (C=O) groups excluding carboxylic acids is 1. The van der Waals surface area contributed by atoms with Gasteiger partial charge in [0.05, 0.1) is 18.6 Å². The maximum absolute atomic E-state index is 11.7. The maximum atomic E-state index is 11.7. The van der Waals surface area contributed by atoms with Gasteiger partial charge in [-0.25, -0.2) is 0 Å². The number of fused-ring (bicyclic) bond motifs is 3. The normalized spacial score (nSPS) is 19.8. The zero-order valence-electron chi connectivity index (χ0n) is 14.4. The minimum absolute atomic E-state index is 0.341. The first-order valence-electron chi connectivity index (χ1n) is 8.66. The summed E-state index contributed by atoms with van der Waals surface area (Å²) in [5.41, 5.74) is 4.03. The van der Waals surface area contributed by atoms with Crippen LogP contribution in [0.4, 0.5) is 0 Å². The first-order chi connectivity index (χ1) is 12.1. The summed E-state index contributed by atoms with van der Waals surface area (Å²) in [6.07, 6.45) is 3.89. The van der Waals surface area contributed by atoms with Gasteiger partial charge in [0.15, 0.2) is 0 Å². The second-order valence-electron chi connectivity index (χ2n) is 6.38. The third-order valence-electron chi connectivity index (χ3n) is 4.67. The molecule has 1 aliphatic rings. The Morgan fingerprint density at radius 1 is 1.32 bits per heavy atom. The summed E-state index contributed by atoms with van der Waals surface area (Å²) in [5.74, 6) is -0.549. The molecule has 0 amide bonds. The van der Waals surface area contributed by atoms with Gasteiger partial charge in [-0.1, -0.05) is 19.1 Å². The van der Waals surface area contributed by atoms with Crippen molar-refractivity contribution in [1.82, 2.24) is 4.98 Å². The Morgan fingerprint density at radius 3 is 2.92 bits per heavy atom. The molecule has 2 aromatic heterocycles. The number of ether oxygens (including phenoxy) is 2. The fourth-order valence-electron chi connectivity index (χ4n) is 3.81. The van der Waals surface area contributed by atoms with E-state index in [9.17, 15) is 4.79 Å². The van der Waals surface area contributed by atoms with Gasteiger partial charge in [0.25, 0.3) is 5.79 Å². The average molecular weight is 339 g/mol. The summed E-state index contributed by atoms with van der Waals surface area (Å²) < 4.78 is 17.3. The lowest BCUT2D eigenvalue weighted by atomic mass is 9.94. The molecule has 130 valence electrons. The van der Waals surface area contributed by atoms with Crippen molar-refractivity contribution in [2.75, 3.05) is 6.61 Å². The van der Waals surface area contributed by atoms with E-state index in [1.165, 1.54) is 6.92 Å². The van der Waals surface area contributed by atoms with Crippen LogP contribution < -0.4 is 0 Å². The minimum Gasteiger partial charge on any atom is -0.464 e. The quantitative estimate of drug-likeness (QED) is 0.710. The van der Waals surface area contributed by atoms with Crippen molar-refractivity contribution < 1.29 is 18.7 Å². The van der Waals surface area contributed by atoms with Crippen LogP contribution >= 0.6 is 0 Å². The molecule has 25 heavy (non-hydrogen) atoms. The summed E-state index contributed by atoms with van der Waals surface area (Å²) in [4.78, 5) is 15.2. The summed E-state index contributed by atoms with van der Waals surface area (Å²) in [6.45, 7) is 3.99. The van der Waals surface area contributed by atoms with Gasteiger partial charge in [-0.3, -0.25) is 4.79 Å². The van der Waals surface area contributed by atoms with Crippen LogP contribution in [0, 0.1) is 0 Å². The summed E-state index contributed by atoms with van der Waals surface area (Å²) in [5, 5.41) is 1.11. The van der Waals surface area contributed by atoms with E-state index >= 15 is 0 Å². The lowest BCUT2D eigenvalue weighted by Gasteiger charge is -2.36. The molecule has 1 aliphatic heterocycles. The highest BCUT2D eigenvalue weighted by molar-refractivity contribution is 5.97. The van der Waals surface area contributed by atoms with Gasteiger partial charge >= 0.3 is 5.97 Å². The van der Waals surface area contributed by atoms with Crippen LogP contribution in [0.15, 0.2) is 41.0 Å². The molecule has 0 saturated carbocycles. The van der Waals surface area contributed by atoms with Gasteiger partial charge in [0, 0.05) is 29.8 Å². The Balaban J connectivity index is 1.96. The van der Waals surface area contributed by atoms with E-state index in [0.29, 0.717) is 13.0 Å². The van der Waals surface area contributed by atoms with Crippen molar-refractivity contribution in [2.24, 2.45) is 0 Å². The largest absolute Gasteiger partial charge is 0.464 e. The number of rotatable bonds is 4. The zero-order valence-corrected chi connectivity index (χ0v) is 14.4. The highest BCUT2D eigenvalue weighted by Gasteiger charge is 2.43. The third kappa shape index (κ3) is 2.55. The first-order valence-corrected chi connectivity index (χ1v) is 8.66. The van der Waals surface area contributed by atoms with Gasteiger partial charge in [-0.15, -0.1) is 0 Å². The first kappa shape index (κ1) is 16.0. The van der Waals surface area contributed by atoms with Gasteiger partial charge in [-0.05, 0) is 36.6 Å². The van der Waals surface area contributed by atoms with E-state index in [4.69, 9.17) is 13.9 Å². The maximum Gasteiger partial charge on any atom is 0.305 e. The van der Waals surface area contributed by atoms with Crippen LogP contribution in [0.3, 0.4) is 0 Å². The van der Waals surface area contributed by atoms with E-state index in [1.54, 1.807) is 6.26 Å². The third-order valence-corrected chi connectivity index (χ3v) is 4.67. The second kappa shape index (κ2) is 6.08. The van der Waals surface area contributed by atoms with E-state index in [0.717, 1.165) is 46.3 Å². The molecule has 1 unspecified atom stereocenters. The summed E-state index contributed by atoms with van der Waals surface area (Å²) >= 11 is 0. The number of hydrogen-bond acceptors (Lipinski definition) is 4. The van der Waals surface area contributed by atoms with Crippen LogP contribution in [0.2, 0.25) is 0 Å². The smallest absolute Gasteiger partial charge is 0.305 e. The molecule has 3 aromatic rings. The molecule has 0 fully saturated rings. The molecular weight excluding hydrogens is 318 g/mol. The molecule has 5 nitrogen and oxygen atoms in total. The monoisotopic (exact) mass is 339 g/mol. The van der Waals surface area contributed by atoms with Crippen LogP contribution in [-0.2, 0) is 26.5 Å². The fourth-order valence-corrected chi connectivity index (χ4v) is 3.81. The molecule has 0 spiro atoms. The van der Waals surface area contributed by atoms with Gasteiger partial charge in [-0.2, -0.15) is 0 Å². The number of benzene rings is 1. The van der Waals surface area contributed by atoms with Crippen molar-refractivity contribution in [3.63, 3.8) is 0 Å². The number of carbonyl (C=O) groups is 1. The molecule has 0 aliphatic carbocycles. The molecular formula is C20H21NO4. The number of aromatic amines is 1. The number of esters is 1. The van der Waals surface area contributed by atoms with E-state index in [-0.39, 0.29) is 5.97 Å². The van der Waals surface area contributed by atoms with Crippen molar-refractivity contribution in [3.05, 3.63) is 47.9 Å². The SMILES string of the molecule is CCCC1(OC(C)=O)OCCc2c1[nH]c1cccc(-c3ccco3)c21. The fraction of sp³-hybridized carbons (Fsp3) is 0.350. The number of nitrogens with one attached hydrogen (secondary N) is 1. The lowest BCUT2D eigenvalue weighted by molar-refractivity contribution is -0.247. The van der Waals surface area contributed by atoms with Crippen molar-refractivity contribution in [3.8, 4) is 11.3 Å². The number of furan rings is 1. The molecule has 5 heteroatoms. The molecule has 0 radical (unpaired) electrons.